The number of likely N-dealkylation sites (tertiary alicyclic amines) is 1. The summed E-state index contributed by atoms with van der Waals surface area (Å²) in [4.78, 5) is 15.5. The molecule has 32 heavy (non-hydrogen) atoms. The predicted molar refractivity (Wildman–Crippen MR) is 120 cm³/mol. The molecule has 2 aliphatic heterocycles. The maximum atomic E-state index is 13.1. The molecule has 9 heteroatoms. The SMILES string of the molecule is Cc1noc(C)c1S(=O)(=O)N1CCCC(C(=O)NC2CCN(C(C)c3ccccc3)C2)C1. The van der Waals surface area contributed by atoms with E-state index in [2.05, 4.69) is 34.4 Å². The Morgan fingerprint density at radius 3 is 2.59 bits per heavy atom. The number of carbonyl (C=O) groups is 1. The summed E-state index contributed by atoms with van der Waals surface area (Å²) in [6.45, 7) is 7.74. The first kappa shape index (κ1) is 22.9. The number of nitrogens with zero attached hydrogens (tertiary/aromatic N) is 3. The average Bonchev–Trinajstić information content (AvgIpc) is 3.40. The average molecular weight is 461 g/mol. The second-order valence-electron chi connectivity index (χ2n) is 8.93. The number of aryl methyl sites for hydroxylation is 2. The van der Waals surface area contributed by atoms with E-state index in [9.17, 15) is 13.2 Å². The summed E-state index contributed by atoms with van der Waals surface area (Å²) in [5.41, 5.74) is 1.62. The van der Waals surface area contributed by atoms with Crippen LogP contribution in [-0.2, 0) is 14.8 Å². The predicted octanol–water partition coefficient (Wildman–Crippen LogP) is 2.64. The molecular weight excluding hydrogens is 428 g/mol. The Balaban J connectivity index is 1.36. The van der Waals surface area contributed by atoms with E-state index in [0.29, 0.717) is 31.1 Å². The zero-order valence-corrected chi connectivity index (χ0v) is 19.8. The van der Waals surface area contributed by atoms with Crippen molar-refractivity contribution < 1.29 is 17.7 Å². The van der Waals surface area contributed by atoms with Gasteiger partial charge in [-0.2, -0.15) is 4.31 Å². The number of aromatic nitrogens is 1. The zero-order chi connectivity index (χ0) is 22.9. The molecule has 1 N–H and O–H groups in total. The fourth-order valence-electron chi connectivity index (χ4n) is 4.87. The van der Waals surface area contributed by atoms with Crippen LogP contribution in [0.15, 0.2) is 39.8 Å². The van der Waals surface area contributed by atoms with E-state index in [1.165, 1.54) is 9.87 Å². The quantitative estimate of drug-likeness (QED) is 0.712. The summed E-state index contributed by atoms with van der Waals surface area (Å²) >= 11 is 0. The van der Waals surface area contributed by atoms with Gasteiger partial charge in [-0.15, -0.1) is 0 Å². The van der Waals surface area contributed by atoms with E-state index in [0.717, 1.165) is 19.5 Å². The lowest BCUT2D eigenvalue weighted by atomic mass is 9.98. The Bertz CT molecular complexity index is 1030. The van der Waals surface area contributed by atoms with Gasteiger partial charge in [-0.3, -0.25) is 9.69 Å². The molecule has 2 fully saturated rings. The minimum Gasteiger partial charge on any atom is -0.360 e. The summed E-state index contributed by atoms with van der Waals surface area (Å²) in [5, 5.41) is 6.96. The Kier molecular flexibility index (Phi) is 6.69. The maximum Gasteiger partial charge on any atom is 0.248 e. The van der Waals surface area contributed by atoms with E-state index in [1.54, 1.807) is 13.8 Å². The van der Waals surface area contributed by atoms with Crippen molar-refractivity contribution in [2.45, 2.75) is 57.0 Å². The topological polar surface area (TPSA) is 95.8 Å². The number of rotatable bonds is 6. The molecule has 8 nitrogen and oxygen atoms in total. The van der Waals surface area contributed by atoms with Crippen molar-refractivity contribution in [3.8, 4) is 0 Å². The lowest BCUT2D eigenvalue weighted by molar-refractivity contribution is -0.126. The molecule has 1 amide bonds. The van der Waals surface area contributed by atoms with Crippen molar-refractivity contribution in [3.63, 3.8) is 0 Å². The highest BCUT2D eigenvalue weighted by Crippen LogP contribution is 2.29. The minimum atomic E-state index is -3.74. The van der Waals surface area contributed by atoms with Crippen LogP contribution >= 0.6 is 0 Å². The van der Waals surface area contributed by atoms with Crippen LogP contribution in [0.2, 0.25) is 0 Å². The van der Waals surface area contributed by atoms with Crippen LogP contribution in [0.25, 0.3) is 0 Å². The smallest absolute Gasteiger partial charge is 0.248 e. The standard InChI is InChI=1S/C23H32N4O4S/c1-16-22(18(3)31-25-16)32(29,30)27-12-7-10-20(14-27)23(28)24-21-11-13-26(15-21)17(2)19-8-5-4-6-9-19/h4-6,8-9,17,20-21H,7,10-15H2,1-3H3,(H,24,28). The molecule has 0 bridgehead atoms. The monoisotopic (exact) mass is 460 g/mol. The molecule has 2 saturated heterocycles. The Morgan fingerprint density at radius 2 is 1.91 bits per heavy atom. The summed E-state index contributed by atoms with van der Waals surface area (Å²) in [5.74, 6) is -0.116. The number of amides is 1. The number of benzene rings is 1. The van der Waals surface area contributed by atoms with Crippen molar-refractivity contribution in [2.24, 2.45) is 5.92 Å². The van der Waals surface area contributed by atoms with E-state index < -0.39 is 10.0 Å². The lowest BCUT2D eigenvalue weighted by Crippen LogP contribution is -2.48. The molecule has 3 heterocycles. The zero-order valence-electron chi connectivity index (χ0n) is 19.0. The molecule has 1 aromatic carbocycles. The first-order valence-corrected chi connectivity index (χ1v) is 12.7. The molecule has 2 aliphatic rings. The molecule has 3 atom stereocenters. The second-order valence-corrected chi connectivity index (χ2v) is 10.8. The summed E-state index contributed by atoms with van der Waals surface area (Å²) < 4.78 is 32.8. The van der Waals surface area contributed by atoms with Gasteiger partial charge in [-0.05, 0) is 45.6 Å². The Hall–Kier alpha value is -2.23. The number of sulfonamides is 1. The molecule has 1 aromatic heterocycles. The van der Waals surface area contributed by atoms with Gasteiger partial charge in [0.1, 0.15) is 10.6 Å². The third-order valence-corrected chi connectivity index (χ3v) is 8.83. The highest BCUT2D eigenvalue weighted by Gasteiger charge is 2.37. The van der Waals surface area contributed by atoms with Gasteiger partial charge in [0.25, 0.3) is 0 Å². The Morgan fingerprint density at radius 1 is 1.16 bits per heavy atom. The number of hydrogen-bond acceptors (Lipinski definition) is 6. The van der Waals surface area contributed by atoms with Crippen molar-refractivity contribution in [1.82, 2.24) is 19.7 Å². The van der Waals surface area contributed by atoms with Crippen LogP contribution in [0.4, 0.5) is 0 Å². The molecule has 0 radical (unpaired) electrons. The Labute approximate surface area is 190 Å². The van der Waals surface area contributed by atoms with E-state index in [-0.39, 0.29) is 35.1 Å². The number of piperidine rings is 1. The highest BCUT2D eigenvalue weighted by atomic mass is 32.2. The molecule has 2 aromatic rings. The van der Waals surface area contributed by atoms with Gasteiger partial charge in [0.05, 0.1) is 5.92 Å². The third-order valence-electron chi connectivity index (χ3n) is 6.72. The first-order valence-electron chi connectivity index (χ1n) is 11.3. The molecule has 0 spiro atoms. The summed E-state index contributed by atoms with van der Waals surface area (Å²) in [6.07, 6.45) is 2.25. The molecule has 4 rings (SSSR count). The number of hydrogen-bond donors (Lipinski definition) is 1. The van der Waals surface area contributed by atoms with Crippen LogP contribution < -0.4 is 5.32 Å². The molecule has 3 unspecified atom stereocenters. The fourth-order valence-corrected chi connectivity index (χ4v) is 6.68. The van der Waals surface area contributed by atoms with Crippen LogP contribution in [0.3, 0.4) is 0 Å². The largest absolute Gasteiger partial charge is 0.360 e. The normalized spacial score (nSPS) is 23.8. The van der Waals surface area contributed by atoms with Gasteiger partial charge < -0.3 is 9.84 Å². The molecule has 0 aliphatic carbocycles. The van der Waals surface area contributed by atoms with Crippen LogP contribution in [0, 0.1) is 19.8 Å². The van der Waals surface area contributed by atoms with Crippen molar-refractivity contribution in [1.29, 1.82) is 0 Å². The lowest BCUT2D eigenvalue weighted by Gasteiger charge is -2.31. The number of carbonyl (C=O) groups excluding carboxylic acids is 1. The van der Waals surface area contributed by atoms with Crippen LogP contribution in [0.5, 0.6) is 0 Å². The van der Waals surface area contributed by atoms with Gasteiger partial charge in [0.15, 0.2) is 5.76 Å². The molecule has 0 saturated carbocycles. The van der Waals surface area contributed by atoms with E-state index >= 15 is 0 Å². The van der Waals surface area contributed by atoms with Gasteiger partial charge in [0.2, 0.25) is 15.9 Å². The summed E-state index contributed by atoms with van der Waals surface area (Å²) in [6, 6.07) is 10.8. The minimum absolute atomic E-state index is 0.0529. The van der Waals surface area contributed by atoms with E-state index in [4.69, 9.17) is 4.52 Å². The van der Waals surface area contributed by atoms with Gasteiger partial charge in [-0.1, -0.05) is 35.5 Å². The first-order chi connectivity index (χ1) is 15.3. The second kappa shape index (κ2) is 9.33. The third kappa shape index (κ3) is 4.60. The fraction of sp³-hybridized carbons (Fsp3) is 0.565. The van der Waals surface area contributed by atoms with Gasteiger partial charge in [0, 0.05) is 38.3 Å². The van der Waals surface area contributed by atoms with Gasteiger partial charge >= 0.3 is 0 Å². The summed E-state index contributed by atoms with van der Waals surface area (Å²) in [7, 11) is -3.74. The van der Waals surface area contributed by atoms with Crippen molar-refractivity contribution in [2.75, 3.05) is 26.2 Å². The van der Waals surface area contributed by atoms with Crippen molar-refractivity contribution in [3.05, 3.63) is 47.3 Å². The van der Waals surface area contributed by atoms with Crippen molar-refractivity contribution >= 4 is 15.9 Å². The van der Waals surface area contributed by atoms with Gasteiger partial charge in [-0.25, -0.2) is 8.42 Å². The van der Waals surface area contributed by atoms with Crippen LogP contribution in [0.1, 0.15) is 49.2 Å². The molecule has 174 valence electrons. The highest BCUT2D eigenvalue weighted by molar-refractivity contribution is 7.89. The van der Waals surface area contributed by atoms with E-state index in [1.807, 2.05) is 18.2 Å². The van der Waals surface area contributed by atoms with Crippen LogP contribution in [-0.4, -0.2) is 60.9 Å². The molecular formula is C23H32N4O4S. The number of nitrogens with one attached hydrogen (secondary N) is 1. The maximum absolute atomic E-state index is 13.1.